The number of rotatable bonds is 32. The number of likely N-dealkylation sites (N-methyl/N-ethyl adjacent to an activating group) is 1. The third-order valence-electron chi connectivity index (χ3n) is 7.82. The summed E-state index contributed by atoms with van der Waals surface area (Å²) in [6, 6.07) is -0.634. The molecule has 0 aromatic rings. The molecule has 0 saturated heterocycles. The first-order valence-electron chi connectivity index (χ1n) is 19.1. The summed E-state index contributed by atoms with van der Waals surface area (Å²) >= 11 is 0. The predicted molar refractivity (Wildman–Crippen MR) is 210 cm³/mol. The van der Waals surface area contributed by atoms with Crippen molar-refractivity contribution in [3.05, 3.63) is 85.1 Å². The maximum atomic E-state index is 12.6. The van der Waals surface area contributed by atoms with Gasteiger partial charge in [-0.05, 0) is 64.2 Å². The molecule has 288 valence electrons. The number of quaternary nitrogens is 1. The van der Waals surface area contributed by atoms with Gasteiger partial charge >= 0.3 is 17.9 Å². The van der Waals surface area contributed by atoms with E-state index >= 15 is 0 Å². The largest absolute Gasteiger partial charge is 0.477 e. The van der Waals surface area contributed by atoms with Gasteiger partial charge in [-0.25, -0.2) is 4.79 Å². The highest BCUT2D eigenvalue weighted by molar-refractivity contribution is 5.72. The number of carbonyl (C=O) groups excluding carboxylic acids is 2. The van der Waals surface area contributed by atoms with Crippen molar-refractivity contribution in [2.24, 2.45) is 0 Å². The molecule has 0 bridgehead atoms. The highest BCUT2D eigenvalue weighted by atomic mass is 16.6. The van der Waals surface area contributed by atoms with Gasteiger partial charge in [0.05, 0.1) is 34.4 Å². The first-order valence-corrected chi connectivity index (χ1v) is 19.1. The van der Waals surface area contributed by atoms with Gasteiger partial charge in [-0.1, -0.05) is 118 Å². The number of carbonyl (C=O) groups is 3. The Bertz CT molecular complexity index is 1110. The number of esters is 2. The van der Waals surface area contributed by atoms with E-state index in [9.17, 15) is 19.5 Å². The zero-order valence-electron chi connectivity index (χ0n) is 32.5. The number of unbranched alkanes of at least 4 members (excludes halogenated alkanes) is 5. The van der Waals surface area contributed by atoms with Gasteiger partial charge in [-0.3, -0.25) is 9.59 Å². The van der Waals surface area contributed by atoms with Crippen molar-refractivity contribution < 1.29 is 38.2 Å². The van der Waals surface area contributed by atoms with Crippen LogP contribution in [0.25, 0.3) is 0 Å². The Morgan fingerprint density at radius 3 is 1.75 bits per heavy atom. The van der Waals surface area contributed by atoms with Crippen LogP contribution >= 0.6 is 0 Å². The number of carboxylic acid groups (broad SMARTS) is 1. The smallest absolute Gasteiger partial charge is 0.362 e. The lowest BCUT2D eigenvalue weighted by Gasteiger charge is -2.31. The van der Waals surface area contributed by atoms with Crippen molar-refractivity contribution in [2.45, 2.75) is 129 Å². The van der Waals surface area contributed by atoms with E-state index in [2.05, 4.69) is 86.8 Å². The SMILES string of the molecule is CC/C=C/C/C=C/C/C=C/C/C=C/C/C=C/CCC(=O)OC(COCCC(C(=O)O)[N+](C)(C)C)COC(=O)CCCCC/C=C/C=C/CCCC. The normalized spacial score (nSPS) is 14.0. The molecule has 1 N–H and O–H groups in total. The molecule has 51 heavy (non-hydrogen) atoms. The number of carboxylic acids is 1. The molecule has 0 aliphatic carbocycles. The fraction of sp³-hybridized carbons (Fsp3) is 0.605. The van der Waals surface area contributed by atoms with E-state index in [1.807, 2.05) is 33.3 Å². The Labute approximate surface area is 310 Å². The molecule has 2 atom stereocenters. The van der Waals surface area contributed by atoms with Crippen LogP contribution in [0.1, 0.15) is 117 Å². The number of allylic oxidation sites excluding steroid dienone is 14. The van der Waals surface area contributed by atoms with Gasteiger partial charge in [0.15, 0.2) is 12.1 Å². The van der Waals surface area contributed by atoms with Crippen molar-refractivity contribution in [1.29, 1.82) is 0 Å². The summed E-state index contributed by atoms with van der Waals surface area (Å²) in [6.45, 7) is 4.42. The second-order valence-electron chi connectivity index (χ2n) is 13.5. The molecular weight excluding hydrogens is 642 g/mol. The molecule has 8 nitrogen and oxygen atoms in total. The van der Waals surface area contributed by atoms with Crippen LogP contribution in [0.2, 0.25) is 0 Å². The van der Waals surface area contributed by atoms with Crippen molar-refractivity contribution >= 4 is 17.9 Å². The van der Waals surface area contributed by atoms with Crippen LogP contribution in [0.4, 0.5) is 0 Å². The molecule has 0 amide bonds. The number of ether oxygens (including phenoxy) is 3. The van der Waals surface area contributed by atoms with E-state index < -0.39 is 24.1 Å². The van der Waals surface area contributed by atoms with Crippen LogP contribution < -0.4 is 0 Å². The van der Waals surface area contributed by atoms with Crippen molar-refractivity contribution in [3.8, 4) is 0 Å². The minimum absolute atomic E-state index is 0.0173. The van der Waals surface area contributed by atoms with E-state index in [1.165, 1.54) is 12.8 Å². The second kappa shape index (κ2) is 33.6. The van der Waals surface area contributed by atoms with Crippen LogP contribution in [0.3, 0.4) is 0 Å². The maximum absolute atomic E-state index is 12.6. The first-order chi connectivity index (χ1) is 24.6. The second-order valence-corrected chi connectivity index (χ2v) is 13.5. The molecule has 2 unspecified atom stereocenters. The molecule has 0 heterocycles. The number of aliphatic carboxylic acids is 1. The Morgan fingerprint density at radius 1 is 0.627 bits per heavy atom. The number of nitrogens with zero attached hydrogens (tertiary/aromatic N) is 1. The molecule has 0 aromatic carbocycles. The Morgan fingerprint density at radius 2 is 1.20 bits per heavy atom. The van der Waals surface area contributed by atoms with Gasteiger partial charge in [-0.2, -0.15) is 0 Å². The van der Waals surface area contributed by atoms with Crippen LogP contribution in [0, 0.1) is 0 Å². The minimum Gasteiger partial charge on any atom is -0.477 e. The topological polar surface area (TPSA) is 99.1 Å². The fourth-order valence-corrected chi connectivity index (χ4v) is 4.82. The van der Waals surface area contributed by atoms with E-state index in [-0.39, 0.29) is 36.7 Å². The summed E-state index contributed by atoms with van der Waals surface area (Å²) in [6.07, 6.45) is 42.2. The standard InChI is InChI=1S/C43H69NO7/c1-6-8-10-12-14-16-18-19-20-21-22-24-26-28-30-32-34-42(46)51-39(37-49-36-35-40(43(47)48)44(3,4)5)38-50-41(45)33-31-29-27-25-23-17-15-13-11-9-7-2/h8,10,13-17,19-20,22-24,28,30,39-40H,6-7,9,11-12,18,21,25-27,29,31-38H2,1-5H3/p+1/b10-8+,15-13+,16-14+,20-19+,23-17+,24-22+,30-28+. The third kappa shape index (κ3) is 32.2. The third-order valence-corrected chi connectivity index (χ3v) is 7.82. The van der Waals surface area contributed by atoms with Crippen molar-refractivity contribution in [2.75, 3.05) is 41.0 Å². The molecule has 0 aromatic heterocycles. The van der Waals surface area contributed by atoms with Crippen LogP contribution in [0.15, 0.2) is 85.1 Å². The van der Waals surface area contributed by atoms with Gasteiger partial charge < -0.3 is 23.8 Å². The van der Waals surface area contributed by atoms with E-state index in [4.69, 9.17) is 14.2 Å². The van der Waals surface area contributed by atoms with E-state index in [0.717, 1.165) is 64.2 Å². The van der Waals surface area contributed by atoms with Gasteiger partial charge in [0.1, 0.15) is 6.61 Å². The summed E-state index contributed by atoms with van der Waals surface area (Å²) in [5, 5.41) is 9.58. The van der Waals surface area contributed by atoms with Gasteiger partial charge in [0, 0.05) is 19.3 Å². The average molecular weight is 713 g/mol. The lowest BCUT2D eigenvalue weighted by atomic mass is 10.1. The Balaban J connectivity index is 4.62. The lowest BCUT2D eigenvalue weighted by molar-refractivity contribution is -0.887. The summed E-state index contributed by atoms with van der Waals surface area (Å²) in [4.78, 5) is 36.7. The van der Waals surface area contributed by atoms with Gasteiger partial charge in [0.25, 0.3) is 0 Å². The van der Waals surface area contributed by atoms with Gasteiger partial charge in [0.2, 0.25) is 0 Å². The minimum atomic E-state index is -0.895. The Hall–Kier alpha value is -3.49. The molecule has 0 radical (unpaired) electrons. The molecule has 0 saturated carbocycles. The first kappa shape index (κ1) is 47.5. The van der Waals surface area contributed by atoms with E-state index in [0.29, 0.717) is 19.3 Å². The molecule has 0 spiro atoms. The molecule has 0 aliphatic heterocycles. The van der Waals surface area contributed by atoms with Crippen LogP contribution in [0.5, 0.6) is 0 Å². The molecule has 0 aliphatic rings. The quantitative estimate of drug-likeness (QED) is 0.0244. The average Bonchev–Trinajstić information content (AvgIpc) is 3.08. The van der Waals surface area contributed by atoms with Gasteiger partial charge in [-0.15, -0.1) is 0 Å². The Kier molecular flexibility index (Phi) is 31.3. The molecular formula is C43H70NO7+. The van der Waals surface area contributed by atoms with Crippen molar-refractivity contribution in [3.63, 3.8) is 0 Å². The van der Waals surface area contributed by atoms with E-state index in [1.54, 1.807) is 0 Å². The summed E-state index contributed by atoms with van der Waals surface area (Å²) < 4.78 is 17.1. The number of hydrogen-bond acceptors (Lipinski definition) is 6. The summed E-state index contributed by atoms with van der Waals surface area (Å²) in [7, 11) is 5.47. The number of hydrogen-bond donors (Lipinski definition) is 1. The summed E-state index contributed by atoms with van der Waals surface area (Å²) in [5.41, 5.74) is 0. The maximum Gasteiger partial charge on any atom is 0.362 e. The fourth-order valence-electron chi connectivity index (χ4n) is 4.82. The highest BCUT2D eigenvalue weighted by Gasteiger charge is 2.31. The highest BCUT2D eigenvalue weighted by Crippen LogP contribution is 2.10. The monoisotopic (exact) mass is 713 g/mol. The van der Waals surface area contributed by atoms with Crippen LogP contribution in [-0.4, -0.2) is 80.6 Å². The van der Waals surface area contributed by atoms with Crippen LogP contribution in [-0.2, 0) is 28.6 Å². The molecule has 8 heteroatoms. The molecule has 0 fully saturated rings. The molecule has 0 rings (SSSR count). The summed E-state index contributed by atoms with van der Waals surface area (Å²) in [5.74, 6) is -1.63. The predicted octanol–water partition coefficient (Wildman–Crippen LogP) is 9.79. The lowest BCUT2D eigenvalue weighted by Crippen LogP contribution is -2.50. The zero-order chi connectivity index (χ0) is 37.8. The van der Waals surface area contributed by atoms with Crippen molar-refractivity contribution in [1.82, 2.24) is 0 Å². The zero-order valence-corrected chi connectivity index (χ0v) is 32.5.